The lowest BCUT2D eigenvalue weighted by molar-refractivity contribution is -0.123. The number of aryl methyl sites for hydroxylation is 1. The molecule has 2 atom stereocenters. The molecule has 0 radical (unpaired) electrons. The maximum absolute atomic E-state index is 14.1. The van der Waals surface area contributed by atoms with Gasteiger partial charge in [-0.25, -0.2) is 4.90 Å². The maximum atomic E-state index is 14.1. The molecular formula is C27H22INO2. The van der Waals surface area contributed by atoms with Crippen LogP contribution in [0.5, 0.6) is 0 Å². The molecule has 4 heteroatoms. The average molecular weight is 519 g/mol. The van der Waals surface area contributed by atoms with E-state index in [0.29, 0.717) is 0 Å². The van der Waals surface area contributed by atoms with Crippen molar-refractivity contribution in [1.29, 1.82) is 0 Å². The van der Waals surface area contributed by atoms with Gasteiger partial charge in [-0.2, -0.15) is 0 Å². The van der Waals surface area contributed by atoms with Gasteiger partial charge in [-0.3, -0.25) is 9.59 Å². The van der Waals surface area contributed by atoms with E-state index in [1.807, 2.05) is 25.1 Å². The number of imide groups is 1. The molecule has 1 fully saturated rings. The first-order chi connectivity index (χ1) is 15.0. The number of amides is 2. The summed E-state index contributed by atoms with van der Waals surface area (Å²) >= 11 is 2.27. The third-order valence-electron chi connectivity index (χ3n) is 7.75. The van der Waals surface area contributed by atoms with Gasteiger partial charge in [0.05, 0.1) is 17.5 Å². The molecule has 0 aromatic heterocycles. The van der Waals surface area contributed by atoms with Gasteiger partial charge < -0.3 is 0 Å². The van der Waals surface area contributed by atoms with Crippen LogP contribution in [-0.2, 0) is 15.0 Å². The summed E-state index contributed by atoms with van der Waals surface area (Å²) in [6, 6.07) is 22.8. The van der Waals surface area contributed by atoms with Crippen molar-refractivity contribution in [1.82, 2.24) is 0 Å². The van der Waals surface area contributed by atoms with E-state index in [9.17, 15) is 9.59 Å². The van der Waals surface area contributed by atoms with Crippen LogP contribution < -0.4 is 4.90 Å². The quantitative estimate of drug-likeness (QED) is 0.329. The second kappa shape index (κ2) is 6.52. The molecule has 7 rings (SSSR count). The highest BCUT2D eigenvalue weighted by Crippen LogP contribution is 2.65. The van der Waals surface area contributed by atoms with Crippen LogP contribution in [-0.4, -0.2) is 11.8 Å². The van der Waals surface area contributed by atoms with E-state index in [0.717, 1.165) is 21.2 Å². The highest BCUT2D eigenvalue weighted by atomic mass is 127. The Morgan fingerprint density at radius 2 is 1.52 bits per heavy atom. The van der Waals surface area contributed by atoms with Gasteiger partial charge in [-0.15, -0.1) is 0 Å². The first kappa shape index (κ1) is 19.2. The van der Waals surface area contributed by atoms with Crippen molar-refractivity contribution in [3.63, 3.8) is 0 Å². The topological polar surface area (TPSA) is 37.4 Å². The molecular weight excluding hydrogens is 497 g/mol. The van der Waals surface area contributed by atoms with Gasteiger partial charge in [0.25, 0.3) is 0 Å². The van der Waals surface area contributed by atoms with E-state index in [4.69, 9.17) is 0 Å². The molecule has 3 aromatic carbocycles. The minimum absolute atomic E-state index is 0.0461. The van der Waals surface area contributed by atoms with Crippen LogP contribution in [0, 0.1) is 22.3 Å². The van der Waals surface area contributed by atoms with Gasteiger partial charge in [0.1, 0.15) is 0 Å². The van der Waals surface area contributed by atoms with Crippen LogP contribution in [0.3, 0.4) is 0 Å². The summed E-state index contributed by atoms with van der Waals surface area (Å²) in [5.74, 6) is -0.882. The summed E-state index contributed by atoms with van der Waals surface area (Å²) in [5, 5.41) is 0. The van der Waals surface area contributed by atoms with Crippen molar-refractivity contribution >= 4 is 40.1 Å². The Kier molecular flexibility index (Phi) is 4.04. The number of hydrogen-bond donors (Lipinski definition) is 0. The van der Waals surface area contributed by atoms with Crippen molar-refractivity contribution in [2.45, 2.75) is 31.6 Å². The van der Waals surface area contributed by atoms with Gasteiger partial charge in [0, 0.05) is 14.9 Å². The molecule has 1 aliphatic heterocycles. The highest BCUT2D eigenvalue weighted by Gasteiger charge is 2.67. The number of nitrogens with zero attached hydrogens (tertiary/aromatic N) is 1. The van der Waals surface area contributed by atoms with Gasteiger partial charge in [0.15, 0.2) is 0 Å². The van der Waals surface area contributed by atoms with Gasteiger partial charge in [0.2, 0.25) is 11.8 Å². The molecule has 0 saturated carbocycles. The minimum atomic E-state index is -0.467. The molecule has 154 valence electrons. The predicted octanol–water partition coefficient (Wildman–Crippen LogP) is 5.56. The van der Waals surface area contributed by atoms with Gasteiger partial charge in [-0.05, 0) is 82.0 Å². The molecule has 2 amide bonds. The second-order valence-electron chi connectivity index (χ2n) is 8.92. The molecule has 1 heterocycles. The summed E-state index contributed by atoms with van der Waals surface area (Å²) in [4.78, 5) is 29.5. The number of carbonyl (C=O) groups excluding carboxylic acids is 2. The SMILES string of the molecule is CCC12c3ccccc3C(c3ccccc31)[C@H]1C(=O)N(c3ccc(I)cc3C)C(=O)[C@@H]12. The third kappa shape index (κ3) is 2.24. The fraction of sp³-hybridized carbons (Fsp3) is 0.259. The van der Waals surface area contributed by atoms with E-state index >= 15 is 0 Å². The Labute approximate surface area is 195 Å². The van der Waals surface area contributed by atoms with E-state index in [2.05, 4.69) is 78.0 Å². The number of rotatable bonds is 2. The molecule has 0 N–H and O–H groups in total. The molecule has 3 nitrogen and oxygen atoms in total. The van der Waals surface area contributed by atoms with E-state index < -0.39 is 5.41 Å². The second-order valence-corrected chi connectivity index (χ2v) is 10.2. The molecule has 31 heavy (non-hydrogen) atoms. The van der Waals surface area contributed by atoms with Crippen molar-refractivity contribution in [3.8, 4) is 0 Å². The van der Waals surface area contributed by atoms with Crippen LogP contribution in [0.4, 0.5) is 5.69 Å². The van der Waals surface area contributed by atoms with Crippen LogP contribution in [0.2, 0.25) is 0 Å². The van der Waals surface area contributed by atoms with E-state index in [-0.39, 0.29) is 29.6 Å². The number of hydrogen-bond acceptors (Lipinski definition) is 2. The van der Waals surface area contributed by atoms with Crippen molar-refractivity contribution in [2.24, 2.45) is 11.8 Å². The number of halogens is 1. The van der Waals surface area contributed by atoms with Crippen LogP contribution >= 0.6 is 22.6 Å². The first-order valence-corrected chi connectivity index (χ1v) is 11.9. The Morgan fingerprint density at radius 3 is 2.10 bits per heavy atom. The Morgan fingerprint density at radius 1 is 0.903 bits per heavy atom. The van der Waals surface area contributed by atoms with Crippen LogP contribution in [0.25, 0.3) is 0 Å². The summed E-state index contributed by atoms with van der Waals surface area (Å²) in [7, 11) is 0. The van der Waals surface area contributed by atoms with Crippen LogP contribution in [0.15, 0.2) is 66.7 Å². The first-order valence-electron chi connectivity index (χ1n) is 10.8. The monoisotopic (exact) mass is 519 g/mol. The van der Waals surface area contributed by atoms with E-state index in [1.54, 1.807) is 0 Å². The Balaban J connectivity index is 1.64. The standard InChI is InChI=1S/C27H22INO2/c1-3-27-19-10-6-4-8-17(19)22(18-9-5-7-11-20(18)27)23-24(27)26(31)29(25(23)30)21-13-12-16(28)14-15(21)2/h4-14,22-24H,3H2,1-2H3/t22?,23-,24-,27?/m1/s1. The fourth-order valence-corrected chi connectivity index (χ4v) is 7.28. The van der Waals surface area contributed by atoms with Gasteiger partial charge in [-0.1, -0.05) is 55.5 Å². The molecule has 1 saturated heterocycles. The van der Waals surface area contributed by atoms with Crippen molar-refractivity contribution in [2.75, 3.05) is 4.90 Å². The van der Waals surface area contributed by atoms with E-state index in [1.165, 1.54) is 27.2 Å². The summed E-state index contributed by atoms with van der Waals surface area (Å²) in [6.07, 6.45) is 0.785. The molecule has 2 bridgehead atoms. The van der Waals surface area contributed by atoms with Crippen molar-refractivity contribution in [3.05, 3.63) is 98.1 Å². The third-order valence-corrected chi connectivity index (χ3v) is 8.42. The average Bonchev–Trinajstić information content (AvgIpc) is 3.05. The van der Waals surface area contributed by atoms with Crippen molar-refractivity contribution < 1.29 is 9.59 Å². The molecule has 0 unspecified atom stereocenters. The largest absolute Gasteiger partial charge is 0.274 e. The number of carbonyl (C=O) groups is 2. The Hall–Kier alpha value is -2.47. The molecule has 4 aliphatic rings. The minimum Gasteiger partial charge on any atom is -0.274 e. The zero-order chi connectivity index (χ0) is 21.5. The number of benzene rings is 3. The van der Waals surface area contributed by atoms with Gasteiger partial charge >= 0.3 is 0 Å². The molecule has 3 aromatic rings. The van der Waals surface area contributed by atoms with Crippen LogP contribution in [0.1, 0.15) is 47.1 Å². The normalized spacial score (nSPS) is 27.8. The summed E-state index contributed by atoms with van der Waals surface area (Å²) in [5.41, 5.74) is 6.10. The molecule has 0 spiro atoms. The zero-order valence-corrected chi connectivity index (χ0v) is 19.6. The lowest BCUT2D eigenvalue weighted by Crippen LogP contribution is -2.53. The zero-order valence-electron chi connectivity index (χ0n) is 17.4. The fourth-order valence-electron chi connectivity index (χ4n) is 6.64. The smallest absolute Gasteiger partial charge is 0.238 e. The maximum Gasteiger partial charge on any atom is 0.238 e. The summed E-state index contributed by atoms with van der Waals surface area (Å²) < 4.78 is 1.10. The predicted molar refractivity (Wildman–Crippen MR) is 129 cm³/mol. The number of anilines is 1. The highest BCUT2D eigenvalue weighted by molar-refractivity contribution is 14.1. The lowest BCUT2D eigenvalue weighted by Gasteiger charge is -2.54. The molecule has 3 aliphatic carbocycles. The Bertz CT molecular complexity index is 1230. The summed E-state index contributed by atoms with van der Waals surface area (Å²) in [6.45, 7) is 4.14. The lowest BCUT2D eigenvalue weighted by atomic mass is 9.46.